The van der Waals surface area contributed by atoms with E-state index in [1.807, 2.05) is 0 Å². The Balaban J connectivity index is 1.08. The summed E-state index contributed by atoms with van der Waals surface area (Å²) in [7, 11) is -2.80. The van der Waals surface area contributed by atoms with E-state index in [2.05, 4.69) is 241 Å². The Labute approximate surface area is 368 Å². The maximum atomic E-state index is 2.61. The lowest BCUT2D eigenvalue weighted by Gasteiger charge is -2.45. The van der Waals surface area contributed by atoms with E-state index in [4.69, 9.17) is 0 Å². The number of anilines is 3. The number of hydrogen-bond acceptors (Lipinski definition) is 1. The van der Waals surface area contributed by atoms with E-state index in [-0.39, 0.29) is 0 Å². The summed E-state index contributed by atoms with van der Waals surface area (Å²) in [6, 6.07) is 89.8. The number of para-hydroxylation sites is 1. The molecule has 3 heterocycles. The van der Waals surface area contributed by atoms with Crippen LogP contribution in [-0.2, 0) is 5.41 Å². The predicted octanol–water partition coefficient (Wildman–Crippen LogP) is 12.5. The molecule has 1 nitrogen and oxygen atoms in total. The molecule has 0 unspecified atom stereocenters. The van der Waals surface area contributed by atoms with Gasteiger partial charge in [0.2, 0.25) is 0 Å². The number of fused-ring (bicyclic) bond motifs is 19. The van der Waals surface area contributed by atoms with E-state index in [1.54, 1.807) is 0 Å². The van der Waals surface area contributed by atoms with Gasteiger partial charge in [-0.15, -0.1) is 0 Å². The van der Waals surface area contributed by atoms with Gasteiger partial charge in [-0.2, -0.15) is 0 Å². The van der Waals surface area contributed by atoms with Crippen LogP contribution >= 0.6 is 0 Å². The molecule has 2 heteroatoms. The minimum Gasteiger partial charge on any atom is -0.310 e. The molecular formula is C61H39NSi. The van der Waals surface area contributed by atoms with Gasteiger partial charge >= 0.3 is 0 Å². The Bertz CT molecular complexity index is 3440. The van der Waals surface area contributed by atoms with Gasteiger partial charge in [0.1, 0.15) is 0 Å². The lowest BCUT2D eigenvalue weighted by molar-refractivity contribution is 0.753. The summed E-state index contributed by atoms with van der Waals surface area (Å²) in [5.74, 6) is 0. The third-order valence-electron chi connectivity index (χ3n) is 14.7. The molecule has 0 saturated heterocycles. The molecule has 0 saturated carbocycles. The Hall–Kier alpha value is -7.78. The summed E-state index contributed by atoms with van der Waals surface area (Å²) >= 11 is 0. The first-order valence-corrected chi connectivity index (χ1v) is 24.1. The predicted molar refractivity (Wildman–Crippen MR) is 264 cm³/mol. The molecule has 0 bridgehead atoms. The molecule has 3 aliphatic heterocycles. The van der Waals surface area contributed by atoms with Crippen molar-refractivity contribution in [1.29, 1.82) is 0 Å². The maximum Gasteiger partial charge on any atom is 0.182 e. The van der Waals surface area contributed by atoms with Crippen molar-refractivity contribution in [3.05, 3.63) is 259 Å². The monoisotopic (exact) mass is 813 g/mol. The zero-order valence-electron chi connectivity index (χ0n) is 34.5. The lowest BCUT2D eigenvalue weighted by Crippen LogP contribution is -2.70. The van der Waals surface area contributed by atoms with Gasteiger partial charge in [0.15, 0.2) is 8.07 Å². The molecule has 10 aromatic carbocycles. The van der Waals surface area contributed by atoms with Gasteiger partial charge in [-0.1, -0.05) is 206 Å². The largest absolute Gasteiger partial charge is 0.310 e. The van der Waals surface area contributed by atoms with Gasteiger partial charge in [-0.05, 0) is 129 Å². The molecule has 1 aliphatic carbocycles. The molecule has 63 heavy (non-hydrogen) atoms. The molecule has 14 rings (SSSR count). The van der Waals surface area contributed by atoms with Crippen molar-refractivity contribution in [2.45, 2.75) is 5.41 Å². The highest BCUT2D eigenvalue weighted by Crippen LogP contribution is 2.63. The van der Waals surface area contributed by atoms with Crippen molar-refractivity contribution >= 4 is 45.9 Å². The molecule has 292 valence electrons. The Morgan fingerprint density at radius 2 is 0.810 bits per heavy atom. The van der Waals surface area contributed by atoms with E-state index >= 15 is 0 Å². The van der Waals surface area contributed by atoms with E-state index in [0.29, 0.717) is 0 Å². The van der Waals surface area contributed by atoms with Crippen LogP contribution in [0.5, 0.6) is 0 Å². The van der Waals surface area contributed by atoms with E-state index < -0.39 is 13.5 Å². The first-order chi connectivity index (χ1) is 31.3. The topological polar surface area (TPSA) is 3.24 Å². The molecule has 0 fully saturated rings. The molecule has 0 N–H and O–H groups in total. The van der Waals surface area contributed by atoms with Crippen molar-refractivity contribution in [2.75, 3.05) is 4.90 Å². The average molecular weight is 814 g/mol. The van der Waals surface area contributed by atoms with Gasteiger partial charge in [0, 0.05) is 5.69 Å². The summed E-state index contributed by atoms with van der Waals surface area (Å²) in [4.78, 5) is 2.59. The summed E-state index contributed by atoms with van der Waals surface area (Å²) in [6.45, 7) is 0. The van der Waals surface area contributed by atoms with Crippen molar-refractivity contribution in [3.63, 3.8) is 0 Å². The molecule has 0 atom stereocenters. The number of rotatable bonds is 3. The molecule has 0 aromatic heterocycles. The Kier molecular flexibility index (Phi) is 7.13. The average Bonchev–Trinajstić information content (AvgIpc) is 3.95. The van der Waals surface area contributed by atoms with Crippen LogP contribution in [0.1, 0.15) is 22.3 Å². The Morgan fingerprint density at radius 1 is 0.286 bits per heavy atom. The van der Waals surface area contributed by atoms with Crippen LogP contribution in [0.4, 0.5) is 17.1 Å². The second kappa shape index (κ2) is 12.9. The van der Waals surface area contributed by atoms with Gasteiger partial charge in [0.25, 0.3) is 0 Å². The van der Waals surface area contributed by atoms with Crippen LogP contribution in [0.25, 0.3) is 55.6 Å². The molecule has 0 radical (unpaired) electrons. The highest BCUT2D eigenvalue weighted by molar-refractivity contribution is 7.24. The van der Waals surface area contributed by atoms with Crippen molar-refractivity contribution in [3.8, 4) is 55.6 Å². The van der Waals surface area contributed by atoms with E-state index in [9.17, 15) is 0 Å². The first kappa shape index (κ1) is 34.9. The van der Waals surface area contributed by atoms with E-state index in [1.165, 1.54) is 116 Å². The van der Waals surface area contributed by atoms with Crippen molar-refractivity contribution < 1.29 is 0 Å². The second-order valence-electron chi connectivity index (χ2n) is 17.5. The van der Waals surface area contributed by atoms with Crippen molar-refractivity contribution in [1.82, 2.24) is 0 Å². The fourth-order valence-corrected chi connectivity index (χ4v) is 18.0. The van der Waals surface area contributed by atoms with Crippen LogP contribution < -0.4 is 25.6 Å². The van der Waals surface area contributed by atoms with Crippen LogP contribution in [0.15, 0.2) is 237 Å². The highest BCUT2D eigenvalue weighted by atomic mass is 28.3. The minimum absolute atomic E-state index is 0.517. The zero-order valence-corrected chi connectivity index (χ0v) is 35.5. The number of benzene rings is 10. The number of nitrogens with zero attached hydrogens (tertiary/aromatic N) is 1. The summed E-state index contributed by atoms with van der Waals surface area (Å²) in [5, 5.41) is 5.92. The van der Waals surface area contributed by atoms with Crippen LogP contribution in [0, 0.1) is 0 Å². The molecule has 2 spiro atoms. The van der Waals surface area contributed by atoms with E-state index in [0.717, 1.165) is 0 Å². The molecule has 10 aromatic rings. The van der Waals surface area contributed by atoms with Crippen molar-refractivity contribution in [2.24, 2.45) is 0 Å². The molecular weight excluding hydrogens is 775 g/mol. The van der Waals surface area contributed by atoms with Crippen LogP contribution in [0.2, 0.25) is 0 Å². The zero-order chi connectivity index (χ0) is 41.3. The van der Waals surface area contributed by atoms with Gasteiger partial charge in [-0.25, -0.2) is 0 Å². The van der Waals surface area contributed by atoms with Crippen LogP contribution in [-0.4, -0.2) is 8.07 Å². The fourth-order valence-electron chi connectivity index (χ4n) is 12.4. The quantitative estimate of drug-likeness (QED) is 0.161. The standard InChI is InChI=1S/C61H39NSi/c1-3-18-40(19-4-1)42-34-37-55-53(38-42)61(50-27-11-7-22-45(50)46-23-8-12-28-51(46)61)52-29-13-14-30-54(52)62(55)43-35-36-49-59(39-43)63(56-31-15-9-24-47(56)48-25-10-16-32-57(48)63)58-33-17-26-44(60(49)58)41-20-5-2-6-21-41/h1-39H. The normalized spacial score (nSPS) is 14.6. The smallest absolute Gasteiger partial charge is 0.182 e. The highest BCUT2D eigenvalue weighted by Gasteiger charge is 2.56. The summed E-state index contributed by atoms with van der Waals surface area (Å²) < 4.78 is 0. The SMILES string of the molecule is c1ccc(-c2ccc3c(c2)C2(c4ccccc4-c4ccccc42)c2ccccc2N3c2ccc3c(c2)[Si]2(c4ccccc4-c4ccccc42)c2cccc(-c4ccccc4)c2-3)cc1. The summed E-state index contributed by atoms with van der Waals surface area (Å²) in [6.07, 6.45) is 0. The fraction of sp³-hybridized carbons (Fsp3) is 0.0164. The van der Waals surface area contributed by atoms with Gasteiger partial charge < -0.3 is 4.90 Å². The van der Waals surface area contributed by atoms with Crippen LogP contribution in [0.3, 0.4) is 0 Å². The number of hydrogen-bond donors (Lipinski definition) is 0. The molecule has 0 amide bonds. The third-order valence-corrected chi connectivity index (χ3v) is 19.6. The van der Waals surface area contributed by atoms with Gasteiger partial charge in [0.05, 0.1) is 16.8 Å². The maximum absolute atomic E-state index is 2.80. The van der Waals surface area contributed by atoms with Gasteiger partial charge in [-0.3, -0.25) is 0 Å². The second-order valence-corrected chi connectivity index (χ2v) is 21.1. The lowest BCUT2D eigenvalue weighted by atomic mass is 9.64. The Morgan fingerprint density at radius 3 is 1.49 bits per heavy atom. The summed E-state index contributed by atoms with van der Waals surface area (Å²) in [5.41, 5.74) is 21.5. The first-order valence-electron chi connectivity index (χ1n) is 22.1. The third kappa shape index (κ3) is 4.40. The molecule has 4 aliphatic rings. The minimum atomic E-state index is -2.80.